The number of nitrogens with zero attached hydrogens (tertiary/aromatic N) is 4. The Morgan fingerprint density at radius 1 is 0.951 bits per heavy atom. The highest BCUT2D eigenvalue weighted by Gasteiger charge is 2.32. The van der Waals surface area contributed by atoms with Gasteiger partial charge in [0, 0.05) is 56.7 Å². The maximum atomic E-state index is 13.6. The van der Waals surface area contributed by atoms with Crippen molar-refractivity contribution in [3.63, 3.8) is 0 Å². The third kappa shape index (κ3) is 7.36. The second-order valence-electron chi connectivity index (χ2n) is 11.1. The highest BCUT2D eigenvalue weighted by molar-refractivity contribution is 5.92. The first-order chi connectivity index (χ1) is 19.8. The van der Waals surface area contributed by atoms with Crippen molar-refractivity contribution in [2.75, 3.05) is 25.0 Å². The third-order valence-electron chi connectivity index (χ3n) is 8.43. The van der Waals surface area contributed by atoms with Crippen LogP contribution < -0.4 is 4.90 Å². The number of anilines is 2. The molecule has 0 N–H and O–H groups in total. The summed E-state index contributed by atoms with van der Waals surface area (Å²) >= 11 is 0. The molecular formula is C33H37F3N4O. The van der Waals surface area contributed by atoms with E-state index in [0.717, 1.165) is 55.0 Å². The van der Waals surface area contributed by atoms with E-state index >= 15 is 0 Å². The summed E-state index contributed by atoms with van der Waals surface area (Å²) in [5.74, 6) is -0.124. The van der Waals surface area contributed by atoms with Crippen LogP contribution in [0.1, 0.15) is 55.2 Å². The average molecular weight is 563 g/mol. The normalized spacial score (nSPS) is 17.3. The molecular weight excluding hydrogens is 525 g/mol. The number of hydrogen-bond acceptors (Lipinski definition) is 4. The molecule has 0 atom stereocenters. The van der Waals surface area contributed by atoms with Crippen LogP contribution in [0.15, 0.2) is 79.1 Å². The molecule has 2 aliphatic rings. The molecule has 5 nitrogen and oxygen atoms in total. The predicted molar refractivity (Wildman–Crippen MR) is 157 cm³/mol. The Kier molecular flexibility index (Phi) is 9.08. The number of aromatic nitrogens is 1. The fourth-order valence-electron chi connectivity index (χ4n) is 5.99. The maximum absolute atomic E-state index is 13.6. The average Bonchev–Trinajstić information content (AvgIpc) is 3.54. The highest BCUT2D eigenvalue weighted by Crippen LogP contribution is 2.30. The van der Waals surface area contributed by atoms with Gasteiger partial charge in [0.1, 0.15) is 0 Å². The quantitative estimate of drug-likeness (QED) is 0.270. The zero-order valence-electron chi connectivity index (χ0n) is 23.4. The topological polar surface area (TPSA) is 39.7 Å². The van der Waals surface area contributed by atoms with Crippen LogP contribution in [0.3, 0.4) is 0 Å². The Hall–Kier alpha value is -3.65. The van der Waals surface area contributed by atoms with Crippen LogP contribution in [0.2, 0.25) is 0 Å². The Morgan fingerprint density at radius 2 is 1.63 bits per heavy atom. The maximum Gasteiger partial charge on any atom is 0.416 e. The summed E-state index contributed by atoms with van der Waals surface area (Å²) in [7, 11) is 1.99. The number of piperidine rings is 1. The van der Waals surface area contributed by atoms with Crippen LogP contribution in [-0.4, -0.2) is 52.9 Å². The minimum absolute atomic E-state index is 0.107. The number of pyridine rings is 1. The minimum atomic E-state index is -4.38. The summed E-state index contributed by atoms with van der Waals surface area (Å²) in [5, 5.41) is 0. The molecule has 3 aromatic rings. The Balaban J connectivity index is 1.30. The first-order valence-corrected chi connectivity index (χ1v) is 14.4. The van der Waals surface area contributed by atoms with Crippen LogP contribution in [0, 0.1) is 0 Å². The second kappa shape index (κ2) is 12.9. The van der Waals surface area contributed by atoms with Gasteiger partial charge in [-0.3, -0.25) is 9.78 Å². The number of amides is 1. The molecule has 2 heterocycles. The molecule has 1 aromatic heterocycles. The lowest BCUT2D eigenvalue weighted by Crippen LogP contribution is -2.48. The predicted octanol–water partition coefficient (Wildman–Crippen LogP) is 7.32. The van der Waals surface area contributed by atoms with Crippen molar-refractivity contribution in [2.24, 2.45) is 0 Å². The molecule has 1 amide bonds. The van der Waals surface area contributed by atoms with E-state index in [0.29, 0.717) is 18.2 Å². The molecule has 0 bridgehead atoms. The van der Waals surface area contributed by atoms with E-state index in [4.69, 9.17) is 0 Å². The molecule has 41 heavy (non-hydrogen) atoms. The van der Waals surface area contributed by atoms with Crippen molar-refractivity contribution < 1.29 is 18.0 Å². The van der Waals surface area contributed by atoms with E-state index in [2.05, 4.69) is 26.9 Å². The summed E-state index contributed by atoms with van der Waals surface area (Å²) < 4.78 is 38.8. The number of carbonyl (C=O) groups excluding carboxylic acids is 1. The van der Waals surface area contributed by atoms with Crippen molar-refractivity contribution in [2.45, 2.75) is 63.3 Å². The number of rotatable bonds is 8. The van der Waals surface area contributed by atoms with Gasteiger partial charge >= 0.3 is 6.18 Å². The second-order valence-corrected chi connectivity index (χ2v) is 11.1. The lowest BCUT2D eigenvalue weighted by molar-refractivity contribution is -0.137. The van der Waals surface area contributed by atoms with Crippen LogP contribution in [0.4, 0.5) is 24.5 Å². The monoisotopic (exact) mass is 562 g/mol. The van der Waals surface area contributed by atoms with E-state index in [9.17, 15) is 18.0 Å². The first-order valence-electron chi connectivity index (χ1n) is 14.4. The van der Waals surface area contributed by atoms with Gasteiger partial charge in [0.25, 0.3) is 0 Å². The Labute approximate surface area is 240 Å². The van der Waals surface area contributed by atoms with E-state index in [1.807, 2.05) is 42.4 Å². The van der Waals surface area contributed by atoms with Crippen LogP contribution >= 0.6 is 0 Å². The fraction of sp³-hybridized carbons (Fsp3) is 0.394. The molecule has 0 radical (unpaired) electrons. The van der Waals surface area contributed by atoms with Gasteiger partial charge in [0.05, 0.1) is 17.4 Å². The zero-order valence-corrected chi connectivity index (χ0v) is 23.4. The molecule has 2 aromatic carbocycles. The lowest BCUT2D eigenvalue weighted by Gasteiger charge is -2.40. The first kappa shape index (κ1) is 28.9. The smallest absolute Gasteiger partial charge is 0.343 e. The fourth-order valence-corrected chi connectivity index (χ4v) is 5.99. The number of likely N-dealkylation sites (tertiary alicyclic amines) is 1. The van der Waals surface area contributed by atoms with Gasteiger partial charge in [0.2, 0.25) is 5.91 Å². The zero-order chi connectivity index (χ0) is 28.8. The molecule has 5 rings (SSSR count). The van der Waals surface area contributed by atoms with Crippen LogP contribution in [0.25, 0.3) is 6.08 Å². The van der Waals surface area contributed by atoms with Crippen molar-refractivity contribution in [3.8, 4) is 0 Å². The Bertz CT molecular complexity index is 1300. The van der Waals surface area contributed by atoms with Gasteiger partial charge in [-0.25, -0.2) is 0 Å². The highest BCUT2D eigenvalue weighted by atomic mass is 19.4. The number of carbonyl (C=O) groups is 1. The van der Waals surface area contributed by atoms with Gasteiger partial charge < -0.3 is 14.7 Å². The van der Waals surface area contributed by atoms with Gasteiger partial charge in [0.15, 0.2) is 0 Å². The van der Waals surface area contributed by atoms with Gasteiger partial charge in [-0.05, 0) is 79.3 Å². The molecule has 2 fully saturated rings. The van der Waals surface area contributed by atoms with Gasteiger partial charge in [-0.15, -0.1) is 0 Å². The van der Waals surface area contributed by atoms with E-state index in [-0.39, 0.29) is 11.9 Å². The molecule has 0 unspecified atom stereocenters. The van der Waals surface area contributed by atoms with Gasteiger partial charge in [-0.2, -0.15) is 13.2 Å². The molecule has 216 valence electrons. The Morgan fingerprint density at radius 3 is 2.24 bits per heavy atom. The summed E-state index contributed by atoms with van der Waals surface area (Å²) in [4.78, 5) is 24.4. The van der Waals surface area contributed by atoms with E-state index in [1.165, 1.54) is 43.9 Å². The molecule has 8 heteroatoms. The van der Waals surface area contributed by atoms with Crippen molar-refractivity contribution in [3.05, 3.63) is 95.8 Å². The molecule has 1 saturated heterocycles. The summed E-state index contributed by atoms with van der Waals surface area (Å²) in [5.41, 5.74) is 2.90. The third-order valence-corrected chi connectivity index (χ3v) is 8.43. The van der Waals surface area contributed by atoms with Gasteiger partial charge in [-0.1, -0.05) is 37.1 Å². The van der Waals surface area contributed by atoms with E-state index < -0.39 is 11.7 Å². The lowest BCUT2D eigenvalue weighted by atomic mass is 9.99. The minimum Gasteiger partial charge on any atom is -0.343 e. The molecule has 1 saturated carbocycles. The van der Waals surface area contributed by atoms with E-state index in [1.54, 1.807) is 12.3 Å². The van der Waals surface area contributed by atoms with Crippen molar-refractivity contribution in [1.82, 2.24) is 14.8 Å². The largest absolute Gasteiger partial charge is 0.416 e. The van der Waals surface area contributed by atoms with Crippen molar-refractivity contribution >= 4 is 23.4 Å². The molecule has 0 spiro atoms. The SMILES string of the molecule is CN(c1ccc(CN(C(=O)C=Cc2ccc(C(F)(F)F)cc2)C2CCN(C3CCCC3)CC2)cc1)c1cccnc1. The molecule has 1 aliphatic carbocycles. The standard InChI is InChI=1S/C33H37F3N4O/c1-38(31-7-4-20-37-23-31)28-15-10-26(11-16-28)24-40(30-18-21-39(22-19-30)29-5-2-3-6-29)32(41)17-12-25-8-13-27(14-9-25)33(34,35)36/h4,7-17,20,23,29-30H,2-3,5-6,18-19,21-22,24H2,1H3. The number of alkyl halides is 3. The summed E-state index contributed by atoms with van der Waals surface area (Å²) in [6.45, 7) is 2.44. The van der Waals surface area contributed by atoms with Crippen molar-refractivity contribution in [1.29, 1.82) is 0 Å². The van der Waals surface area contributed by atoms with Crippen LogP contribution in [-0.2, 0) is 17.5 Å². The number of halogens is 3. The number of benzene rings is 2. The number of hydrogen-bond donors (Lipinski definition) is 0. The molecule has 1 aliphatic heterocycles. The summed E-state index contributed by atoms with van der Waals surface area (Å²) in [6.07, 6.45) is 9.25. The summed E-state index contributed by atoms with van der Waals surface area (Å²) in [6, 6.07) is 17.8. The van der Waals surface area contributed by atoms with Crippen LogP contribution in [0.5, 0.6) is 0 Å².